The molecule has 4 aromatic rings. The van der Waals surface area contributed by atoms with E-state index in [2.05, 4.69) is 21.3 Å². The number of carbonyl (C=O) groups is 5. The Hall–Kier alpha value is -6.45. The number of carbonyl (C=O) groups excluding carboxylic acids is 5. The summed E-state index contributed by atoms with van der Waals surface area (Å²) >= 11 is 0. The van der Waals surface area contributed by atoms with E-state index in [1.54, 1.807) is 19.1 Å². The number of fused-ring (bicyclic) bond motifs is 20. The van der Waals surface area contributed by atoms with Crippen LogP contribution in [0.1, 0.15) is 45.4 Å². The first-order valence-electron chi connectivity index (χ1n) is 18.0. The molecule has 56 heavy (non-hydrogen) atoms. The van der Waals surface area contributed by atoms with Crippen molar-refractivity contribution >= 4 is 40.5 Å². The number of benzene rings is 3. The summed E-state index contributed by atoms with van der Waals surface area (Å²) in [7, 11) is 5.77. The van der Waals surface area contributed by atoms with Gasteiger partial charge in [0.25, 0.3) is 11.8 Å². The van der Waals surface area contributed by atoms with Gasteiger partial charge in [-0.25, -0.2) is 0 Å². The minimum Gasteiger partial charge on any atom is -0.493 e. The number of methoxy groups -OCH3 is 4. The van der Waals surface area contributed by atoms with Crippen molar-refractivity contribution in [3.05, 3.63) is 77.0 Å². The van der Waals surface area contributed by atoms with Gasteiger partial charge in [-0.05, 0) is 50.1 Å². The van der Waals surface area contributed by atoms with Gasteiger partial charge in [0.2, 0.25) is 29.2 Å². The van der Waals surface area contributed by atoms with Crippen molar-refractivity contribution < 1.29 is 52.1 Å². The Labute approximate surface area is 324 Å². The standard InChI is InChI=1S/C40H47N5O11/c1-23-27-13-14-29(51-3)36(54-6)34(27)56-33(23)40(50)45-17-16-42-39(49)28(19-25-11-8-7-9-12-25)44-37(47)24(2)43-38(48)26-20-30(52-4)35(31(21-26)53-5)55-18-10-15-41-32(46)22-45/h7-9,11-14,20-21,24,28H,10,15-19,22H2,1-6H3,(H,41,46)(H,42,49)(H,43,48)(H,44,47)/t24-,28+/m0/s1. The average Bonchev–Trinajstić information content (AvgIpc) is 3.54. The zero-order chi connectivity index (χ0) is 40.4. The fourth-order valence-corrected chi connectivity index (χ4v) is 6.19. The lowest BCUT2D eigenvalue weighted by Crippen LogP contribution is -2.54. The molecule has 6 rings (SSSR count). The van der Waals surface area contributed by atoms with E-state index in [0.29, 0.717) is 34.5 Å². The molecule has 0 aliphatic carbocycles. The number of hydrogen-bond acceptors (Lipinski definition) is 11. The summed E-state index contributed by atoms with van der Waals surface area (Å²) in [6.07, 6.45) is 0.494. The fourth-order valence-electron chi connectivity index (χ4n) is 6.19. The van der Waals surface area contributed by atoms with E-state index in [1.807, 2.05) is 30.3 Å². The van der Waals surface area contributed by atoms with Crippen LogP contribution in [-0.4, -0.2) is 108 Å². The molecule has 2 aliphatic rings. The molecule has 5 amide bonds. The lowest BCUT2D eigenvalue weighted by molar-refractivity contribution is -0.129. The first kappa shape index (κ1) is 40.7. The van der Waals surface area contributed by atoms with Gasteiger partial charge in [0.05, 0.1) is 35.0 Å². The van der Waals surface area contributed by atoms with Crippen LogP contribution in [0.5, 0.6) is 28.7 Å². The number of aryl methyl sites for hydroxylation is 1. The van der Waals surface area contributed by atoms with E-state index >= 15 is 0 Å². The maximum Gasteiger partial charge on any atom is 0.290 e. The SMILES string of the molecule is COc1cc2cc(OC)c1OCCCNC(=O)CN(C(=O)c1oc3c(OC)c(OC)ccc3c1C)CCNC(=O)[C@@H](Cc1ccccc1)NC(=O)[C@H](C)NC2=O. The van der Waals surface area contributed by atoms with E-state index in [9.17, 15) is 24.0 Å². The number of nitrogens with zero attached hydrogens (tertiary/aromatic N) is 1. The lowest BCUT2D eigenvalue weighted by atomic mass is 10.0. The number of amides is 5. The average molecular weight is 774 g/mol. The second kappa shape index (κ2) is 18.7. The highest BCUT2D eigenvalue weighted by Gasteiger charge is 2.29. The number of hydrogen-bond donors (Lipinski definition) is 4. The molecule has 16 heteroatoms. The molecule has 3 aromatic carbocycles. The minimum absolute atomic E-state index is 0.0142. The Morgan fingerprint density at radius 3 is 2.20 bits per heavy atom. The minimum atomic E-state index is -1.06. The Kier molecular flexibility index (Phi) is 13.6. The molecule has 0 saturated carbocycles. The molecule has 298 valence electrons. The van der Waals surface area contributed by atoms with Crippen molar-refractivity contribution in [2.24, 2.45) is 0 Å². The van der Waals surface area contributed by atoms with Gasteiger partial charge >= 0.3 is 0 Å². The smallest absolute Gasteiger partial charge is 0.290 e. The van der Waals surface area contributed by atoms with Crippen LogP contribution in [0, 0.1) is 6.92 Å². The molecule has 2 bridgehead atoms. The molecule has 3 heterocycles. The highest BCUT2D eigenvalue weighted by molar-refractivity contribution is 6.02. The number of nitrogens with one attached hydrogen (secondary N) is 4. The fraction of sp³-hybridized carbons (Fsp3) is 0.375. The topological polar surface area (TPSA) is 196 Å². The third-order valence-corrected chi connectivity index (χ3v) is 9.21. The molecule has 0 fully saturated rings. The Balaban J connectivity index is 1.45. The summed E-state index contributed by atoms with van der Waals surface area (Å²) < 4.78 is 33.9. The van der Waals surface area contributed by atoms with Crippen LogP contribution in [0.3, 0.4) is 0 Å². The summed E-state index contributed by atoms with van der Waals surface area (Å²) in [6, 6.07) is 13.3. The molecule has 2 atom stereocenters. The molecule has 0 unspecified atom stereocenters. The number of furan rings is 1. The van der Waals surface area contributed by atoms with Gasteiger partial charge in [-0.3, -0.25) is 24.0 Å². The zero-order valence-corrected chi connectivity index (χ0v) is 32.2. The molecule has 0 spiro atoms. The first-order valence-corrected chi connectivity index (χ1v) is 18.0. The van der Waals surface area contributed by atoms with E-state index in [-0.39, 0.29) is 67.8 Å². The molecule has 0 radical (unpaired) electrons. The van der Waals surface area contributed by atoms with Gasteiger partial charge in [-0.1, -0.05) is 30.3 Å². The highest BCUT2D eigenvalue weighted by atomic mass is 16.5. The van der Waals surface area contributed by atoms with Crippen LogP contribution in [0.4, 0.5) is 0 Å². The van der Waals surface area contributed by atoms with Crippen LogP contribution < -0.4 is 45.0 Å². The summed E-state index contributed by atoms with van der Waals surface area (Å²) in [5.74, 6) is -1.43. The third kappa shape index (κ3) is 9.43. The zero-order valence-electron chi connectivity index (χ0n) is 32.2. The second-order valence-corrected chi connectivity index (χ2v) is 13.0. The van der Waals surface area contributed by atoms with Gasteiger partial charge in [0, 0.05) is 42.6 Å². The van der Waals surface area contributed by atoms with Crippen LogP contribution in [0.25, 0.3) is 11.0 Å². The van der Waals surface area contributed by atoms with E-state index < -0.39 is 41.6 Å². The van der Waals surface area contributed by atoms with E-state index in [0.717, 1.165) is 5.56 Å². The molecule has 0 saturated heterocycles. The van der Waals surface area contributed by atoms with Crippen LogP contribution in [-0.2, 0) is 20.8 Å². The summed E-state index contributed by atoms with van der Waals surface area (Å²) in [4.78, 5) is 69.3. The number of rotatable bonds is 7. The van der Waals surface area contributed by atoms with Crippen molar-refractivity contribution in [1.82, 2.24) is 26.2 Å². The second-order valence-electron chi connectivity index (χ2n) is 13.0. The summed E-state index contributed by atoms with van der Waals surface area (Å²) in [6.45, 7) is 3.02. The van der Waals surface area contributed by atoms with Gasteiger partial charge in [-0.15, -0.1) is 0 Å². The summed E-state index contributed by atoms with van der Waals surface area (Å²) in [5, 5.41) is 11.7. The van der Waals surface area contributed by atoms with Crippen LogP contribution in [0.2, 0.25) is 0 Å². The molecule has 4 N–H and O–H groups in total. The third-order valence-electron chi connectivity index (χ3n) is 9.21. The van der Waals surface area contributed by atoms with Gasteiger partial charge in [0.1, 0.15) is 18.6 Å². The Bertz CT molecular complexity index is 2040. The molecule has 16 nitrogen and oxygen atoms in total. The van der Waals surface area contributed by atoms with Crippen molar-refractivity contribution in [1.29, 1.82) is 0 Å². The quantitative estimate of drug-likeness (QED) is 0.202. The lowest BCUT2D eigenvalue weighted by Gasteiger charge is -2.24. The van der Waals surface area contributed by atoms with E-state index in [1.165, 1.54) is 52.4 Å². The molecular formula is C40H47N5O11. The maximum atomic E-state index is 14.1. The Morgan fingerprint density at radius 1 is 0.839 bits per heavy atom. The van der Waals surface area contributed by atoms with Crippen molar-refractivity contribution in [3.63, 3.8) is 0 Å². The highest BCUT2D eigenvalue weighted by Crippen LogP contribution is 2.40. The monoisotopic (exact) mass is 773 g/mol. The van der Waals surface area contributed by atoms with Gasteiger partial charge < -0.3 is 54.3 Å². The number of ether oxygens (including phenoxy) is 5. The van der Waals surface area contributed by atoms with Crippen molar-refractivity contribution in [2.45, 2.75) is 38.8 Å². The van der Waals surface area contributed by atoms with Crippen LogP contribution in [0.15, 0.2) is 59.0 Å². The largest absolute Gasteiger partial charge is 0.493 e. The normalized spacial score (nSPS) is 17.6. The van der Waals surface area contributed by atoms with Crippen molar-refractivity contribution in [2.75, 3.05) is 61.2 Å². The maximum absolute atomic E-state index is 14.1. The van der Waals surface area contributed by atoms with E-state index in [4.69, 9.17) is 28.1 Å². The van der Waals surface area contributed by atoms with Gasteiger partial charge in [0.15, 0.2) is 28.6 Å². The predicted molar refractivity (Wildman–Crippen MR) is 205 cm³/mol. The predicted octanol–water partition coefficient (Wildman–Crippen LogP) is 2.78. The first-order chi connectivity index (χ1) is 27.0. The molecule has 2 aliphatic heterocycles. The Morgan fingerprint density at radius 2 is 1.54 bits per heavy atom. The van der Waals surface area contributed by atoms with Gasteiger partial charge in [-0.2, -0.15) is 0 Å². The molecule has 1 aromatic heterocycles. The van der Waals surface area contributed by atoms with Crippen molar-refractivity contribution in [3.8, 4) is 28.7 Å². The summed E-state index contributed by atoms with van der Waals surface area (Å²) in [5.41, 5.74) is 1.75. The molecular weight excluding hydrogens is 726 g/mol. The van der Waals surface area contributed by atoms with Crippen LogP contribution >= 0.6 is 0 Å².